The second-order valence-electron chi connectivity index (χ2n) is 5.84. The lowest BCUT2D eigenvalue weighted by Gasteiger charge is -2.12. The van der Waals surface area contributed by atoms with Crippen molar-refractivity contribution in [2.45, 2.75) is 24.3 Å². The molecule has 1 heterocycles. The third-order valence-electron chi connectivity index (χ3n) is 4.08. The van der Waals surface area contributed by atoms with Crippen molar-refractivity contribution in [2.75, 3.05) is 6.54 Å². The fraction of sp³-hybridized carbons (Fsp3) is 0.250. The lowest BCUT2D eigenvalue weighted by molar-refractivity contribution is -0.120. The van der Waals surface area contributed by atoms with E-state index >= 15 is 0 Å². The van der Waals surface area contributed by atoms with Crippen LogP contribution in [-0.2, 0) is 17.0 Å². The quantitative estimate of drug-likeness (QED) is 0.680. The van der Waals surface area contributed by atoms with Gasteiger partial charge in [0.25, 0.3) is 0 Å². The zero-order chi connectivity index (χ0) is 16.8. The molecule has 1 unspecified atom stereocenters. The van der Waals surface area contributed by atoms with E-state index in [2.05, 4.69) is 34.6 Å². The number of nitrogens with one attached hydrogen (secondary N) is 2. The van der Waals surface area contributed by atoms with Crippen molar-refractivity contribution in [3.8, 4) is 0 Å². The summed E-state index contributed by atoms with van der Waals surface area (Å²) in [4.78, 5) is 15.5. The van der Waals surface area contributed by atoms with E-state index in [-0.39, 0.29) is 11.2 Å². The number of rotatable bonds is 7. The molecule has 1 amide bonds. The third kappa shape index (κ3) is 4.20. The second-order valence-corrected chi connectivity index (χ2v) is 7.17. The predicted octanol–water partition coefficient (Wildman–Crippen LogP) is 4.15. The summed E-state index contributed by atoms with van der Waals surface area (Å²) in [6.45, 7) is 2.63. The van der Waals surface area contributed by atoms with Gasteiger partial charge in [0.2, 0.25) is 5.91 Å². The molecule has 24 heavy (non-hydrogen) atoms. The third-order valence-corrected chi connectivity index (χ3v) is 5.29. The van der Waals surface area contributed by atoms with Crippen molar-refractivity contribution in [3.63, 3.8) is 0 Å². The van der Waals surface area contributed by atoms with Crippen molar-refractivity contribution in [2.24, 2.45) is 0 Å². The predicted molar refractivity (Wildman–Crippen MR) is 102 cm³/mol. The number of aromatic amines is 1. The fourth-order valence-electron chi connectivity index (χ4n) is 2.67. The first-order chi connectivity index (χ1) is 11.7. The van der Waals surface area contributed by atoms with Gasteiger partial charge >= 0.3 is 0 Å². The van der Waals surface area contributed by atoms with E-state index in [1.807, 2.05) is 43.5 Å². The molecular weight excluding hydrogens is 316 g/mol. The lowest BCUT2D eigenvalue weighted by atomic mass is 10.1. The van der Waals surface area contributed by atoms with Crippen LogP contribution in [0.25, 0.3) is 10.9 Å². The molecule has 2 N–H and O–H groups in total. The van der Waals surface area contributed by atoms with Crippen molar-refractivity contribution >= 4 is 28.6 Å². The maximum Gasteiger partial charge on any atom is 0.232 e. The number of carbonyl (C=O) groups excluding carboxylic acids is 1. The molecular formula is C20H22N2OS. The van der Waals surface area contributed by atoms with Crippen LogP contribution in [0, 0.1) is 0 Å². The zero-order valence-corrected chi connectivity index (χ0v) is 14.6. The summed E-state index contributed by atoms with van der Waals surface area (Å²) in [5.74, 6) is 0.966. The standard InChI is InChI=1S/C20H22N2OS/c1-15(24-14-16-7-3-2-4-8-16)20(23)21-12-11-17-13-22-19-10-6-5-9-18(17)19/h2-10,13,15,22H,11-12,14H2,1H3,(H,21,23). The Balaban J connectivity index is 1.45. The monoisotopic (exact) mass is 338 g/mol. The fourth-order valence-corrected chi connectivity index (χ4v) is 3.54. The van der Waals surface area contributed by atoms with Crippen LogP contribution < -0.4 is 5.32 Å². The van der Waals surface area contributed by atoms with Crippen molar-refractivity contribution in [1.29, 1.82) is 0 Å². The normalized spacial score (nSPS) is 12.2. The number of aromatic nitrogens is 1. The van der Waals surface area contributed by atoms with E-state index < -0.39 is 0 Å². The molecule has 2 aromatic carbocycles. The Bertz CT molecular complexity index is 798. The summed E-state index contributed by atoms with van der Waals surface area (Å²) >= 11 is 1.67. The molecule has 3 nitrogen and oxygen atoms in total. The first kappa shape index (κ1) is 16.7. The number of amides is 1. The van der Waals surface area contributed by atoms with Gasteiger partial charge in [0, 0.05) is 29.4 Å². The number of benzene rings is 2. The molecule has 3 rings (SSSR count). The van der Waals surface area contributed by atoms with Crippen molar-refractivity contribution < 1.29 is 4.79 Å². The van der Waals surface area contributed by atoms with Gasteiger partial charge in [-0.3, -0.25) is 4.79 Å². The minimum Gasteiger partial charge on any atom is -0.361 e. The van der Waals surface area contributed by atoms with Crippen LogP contribution >= 0.6 is 11.8 Å². The van der Waals surface area contributed by atoms with Crippen LogP contribution in [0.3, 0.4) is 0 Å². The Morgan fingerprint density at radius 3 is 2.71 bits per heavy atom. The summed E-state index contributed by atoms with van der Waals surface area (Å²) in [5, 5.41) is 4.23. The minimum absolute atomic E-state index is 0.0480. The average Bonchev–Trinajstić information content (AvgIpc) is 3.04. The number of hydrogen-bond donors (Lipinski definition) is 2. The van der Waals surface area contributed by atoms with Crippen LogP contribution in [0.2, 0.25) is 0 Å². The van der Waals surface area contributed by atoms with Gasteiger partial charge in [0.1, 0.15) is 0 Å². The molecule has 0 aliphatic rings. The number of hydrogen-bond acceptors (Lipinski definition) is 2. The van der Waals surface area contributed by atoms with Gasteiger partial charge in [-0.05, 0) is 30.5 Å². The van der Waals surface area contributed by atoms with Crippen LogP contribution in [-0.4, -0.2) is 22.7 Å². The van der Waals surface area contributed by atoms with Crippen molar-refractivity contribution in [1.82, 2.24) is 10.3 Å². The Hall–Kier alpha value is -2.20. The highest BCUT2D eigenvalue weighted by molar-refractivity contribution is 7.99. The van der Waals surface area contributed by atoms with Gasteiger partial charge in [0.15, 0.2) is 0 Å². The maximum absolute atomic E-state index is 12.2. The van der Waals surface area contributed by atoms with Crippen LogP contribution in [0.15, 0.2) is 60.8 Å². The first-order valence-electron chi connectivity index (χ1n) is 8.22. The van der Waals surface area contributed by atoms with Crippen LogP contribution in [0.4, 0.5) is 0 Å². The molecule has 124 valence electrons. The van der Waals surface area contributed by atoms with E-state index in [1.54, 1.807) is 11.8 Å². The smallest absolute Gasteiger partial charge is 0.232 e. The Labute approximate surface area is 146 Å². The molecule has 3 aromatic rings. The summed E-state index contributed by atoms with van der Waals surface area (Å²) in [6.07, 6.45) is 2.87. The van der Waals surface area contributed by atoms with E-state index in [9.17, 15) is 4.79 Å². The molecule has 0 radical (unpaired) electrons. The van der Waals surface area contributed by atoms with Gasteiger partial charge in [-0.15, -0.1) is 11.8 Å². The maximum atomic E-state index is 12.2. The molecule has 0 saturated carbocycles. The van der Waals surface area contributed by atoms with E-state index in [1.165, 1.54) is 16.5 Å². The molecule has 0 aliphatic heterocycles. The minimum atomic E-state index is -0.0480. The number of thioether (sulfide) groups is 1. The zero-order valence-electron chi connectivity index (χ0n) is 13.8. The molecule has 0 saturated heterocycles. The Morgan fingerprint density at radius 1 is 1.12 bits per heavy atom. The number of carbonyl (C=O) groups is 1. The highest BCUT2D eigenvalue weighted by Crippen LogP contribution is 2.19. The second kappa shape index (κ2) is 8.06. The molecule has 0 bridgehead atoms. The summed E-state index contributed by atoms with van der Waals surface area (Å²) in [7, 11) is 0. The largest absolute Gasteiger partial charge is 0.361 e. The summed E-state index contributed by atoms with van der Waals surface area (Å²) in [6, 6.07) is 18.5. The molecule has 0 fully saturated rings. The first-order valence-corrected chi connectivity index (χ1v) is 9.27. The number of para-hydroxylation sites is 1. The number of fused-ring (bicyclic) bond motifs is 1. The molecule has 1 aromatic heterocycles. The van der Waals surface area contributed by atoms with E-state index in [0.717, 1.165) is 17.7 Å². The molecule has 0 aliphatic carbocycles. The van der Waals surface area contributed by atoms with Crippen LogP contribution in [0.1, 0.15) is 18.1 Å². The van der Waals surface area contributed by atoms with Gasteiger partial charge in [0.05, 0.1) is 5.25 Å². The highest BCUT2D eigenvalue weighted by Gasteiger charge is 2.13. The van der Waals surface area contributed by atoms with E-state index in [0.29, 0.717) is 6.54 Å². The Morgan fingerprint density at radius 2 is 1.88 bits per heavy atom. The summed E-state index contributed by atoms with van der Waals surface area (Å²) in [5.41, 5.74) is 3.64. The summed E-state index contributed by atoms with van der Waals surface area (Å²) < 4.78 is 0. The average molecular weight is 338 g/mol. The Kier molecular flexibility index (Phi) is 5.59. The SMILES string of the molecule is CC(SCc1ccccc1)C(=O)NCCc1c[nH]c2ccccc12. The highest BCUT2D eigenvalue weighted by atomic mass is 32.2. The van der Waals surface area contributed by atoms with Gasteiger partial charge in [-0.2, -0.15) is 0 Å². The molecule has 4 heteroatoms. The van der Waals surface area contributed by atoms with Crippen LogP contribution in [0.5, 0.6) is 0 Å². The van der Waals surface area contributed by atoms with Gasteiger partial charge < -0.3 is 10.3 Å². The van der Waals surface area contributed by atoms with Crippen molar-refractivity contribution in [3.05, 3.63) is 71.9 Å². The van der Waals surface area contributed by atoms with E-state index in [4.69, 9.17) is 0 Å². The van der Waals surface area contributed by atoms with Gasteiger partial charge in [-0.1, -0.05) is 48.5 Å². The lowest BCUT2D eigenvalue weighted by Crippen LogP contribution is -2.32. The molecule has 1 atom stereocenters. The van der Waals surface area contributed by atoms with Gasteiger partial charge in [-0.25, -0.2) is 0 Å². The molecule has 0 spiro atoms. The number of H-pyrrole nitrogens is 1. The topological polar surface area (TPSA) is 44.9 Å².